The zero-order valence-corrected chi connectivity index (χ0v) is 21.5. The minimum absolute atomic E-state index is 0.131. The predicted molar refractivity (Wildman–Crippen MR) is 138 cm³/mol. The van der Waals surface area contributed by atoms with Gasteiger partial charge in [-0.25, -0.2) is 9.48 Å². The molecule has 0 aliphatic carbocycles. The SMILES string of the molecule is CCN(CC(=O)Nc1cc(C(C)(C)C)nn1-c1ccccc1C)C(=O)Nc1ccc(Cl)c(Cl)c1. The predicted octanol–water partition coefficient (Wildman–Crippen LogP) is 6.28. The maximum atomic E-state index is 13.0. The second-order valence-electron chi connectivity index (χ2n) is 8.98. The first-order valence-corrected chi connectivity index (χ1v) is 11.7. The Morgan fingerprint density at radius 2 is 1.74 bits per heavy atom. The monoisotopic (exact) mass is 501 g/mol. The molecule has 9 heteroatoms. The van der Waals surface area contributed by atoms with Gasteiger partial charge in [-0.2, -0.15) is 5.10 Å². The zero-order valence-electron chi connectivity index (χ0n) is 19.9. The molecule has 0 saturated carbocycles. The summed E-state index contributed by atoms with van der Waals surface area (Å²) in [7, 11) is 0. The number of hydrogen-bond donors (Lipinski definition) is 2. The quantitative estimate of drug-likeness (QED) is 0.417. The van der Waals surface area contributed by atoms with Gasteiger partial charge in [-0.15, -0.1) is 0 Å². The average molecular weight is 502 g/mol. The lowest BCUT2D eigenvalue weighted by Gasteiger charge is -2.21. The molecule has 0 atom stereocenters. The number of carbonyl (C=O) groups is 2. The average Bonchev–Trinajstić information content (AvgIpc) is 3.18. The Hall–Kier alpha value is -3.03. The molecule has 0 spiro atoms. The summed E-state index contributed by atoms with van der Waals surface area (Å²) in [6.07, 6.45) is 0. The molecule has 0 saturated heterocycles. The second-order valence-corrected chi connectivity index (χ2v) is 9.80. The van der Waals surface area contributed by atoms with Crippen LogP contribution in [0, 0.1) is 6.92 Å². The fourth-order valence-electron chi connectivity index (χ4n) is 3.28. The number of anilines is 2. The topological polar surface area (TPSA) is 79.3 Å². The van der Waals surface area contributed by atoms with Gasteiger partial charge in [-0.05, 0) is 43.7 Å². The van der Waals surface area contributed by atoms with E-state index in [1.165, 1.54) is 4.90 Å². The molecule has 1 aromatic heterocycles. The molecule has 0 radical (unpaired) electrons. The fraction of sp³-hybridized carbons (Fsp3) is 0.320. The van der Waals surface area contributed by atoms with E-state index in [2.05, 4.69) is 31.4 Å². The lowest BCUT2D eigenvalue weighted by molar-refractivity contribution is -0.116. The van der Waals surface area contributed by atoms with Crippen LogP contribution in [0.4, 0.5) is 16.3 Å². The van der Waals surface area contributed by atoms with Crippen molar-refractivity contribution < 1.29 is 9.59 Å². The minimum Gasteiger partial charge on any atom is -0.315 e. The smallest absolute Gasteiger partial charge is 0.315 e. The highest BCUT2D eigenvalue weighted by Gasteiger charge is 2.23. The van der Waals surface area contributed by atoms with Crippen LogP contribution in [0.5, 0.6) is 0 Å². The highest BCUT2D eigenvalue weighted by atomic mass is 35.5. The van der Waals surface area contributed by atoms with Crippen molar-refractivity contribution in [3.8, 4) is 5.69 Å². The van der Waals surface area contributed by atoms with Crippen LogP contribution in [0.2, 0.25) is 10.0 Å². The number of hydrogen-bond acceptors (Lipinski definition) is 3. The molecule has 1 heterocycles. The Morgan fingerprint density at radius 3 is 2.35 bits per heavy atom. The van der Waals surface area contributed by atoms with E-state index in [4.69, 9.17) is 28.3 Å². The normalized spacial score (nSPS) is 11.3. The molecular weight excluding hydrogens is 473 g/mol. The summed E-state index contributed by atoms with van der Waals surface area (Å²) in [5, 5.41) is 11.2. The van der Waals surface area contributed by atoms with E-state index >= 15 is 0 Å². The number of aryl methyl sites for hydroxylation is 1. The van der Waals surface area contributed by atoms with Crippen LogP contribution >= 0.6 is 23.2 Å². The van der Waals surface area contributed by atoms with Crippen LogP contribution in [0.3, 0.4) is 0 Å². The molecule has 3 rings (SSSR count). The van der Waals surface area contributed by atoms with Crippen molar-refractivity contribution in [3.63, 3.8) is 0 Å². The van der Waals surface area contributed by atoms with Crippen molar-refractivity contribution in [1.82, 2.24) is 14.7 Å². The van der Waals surface area contributed by atoms with Crippen LogP contribution in [0.1, 0.15) is 39.0 Å². The molecule has 0 fully saturated rings. The van der Waals surface area contributed by atoms with E-state index in [1.54, 1.807) is 29.8 Å². The van der Waals surface area contributed by atoms with Gasteiger partial charge < -0.3 is 15.5 Å². The molecule has 0 unspecified atom stereocenters. The van der Waals surface area contributed by atoms with Crippen molar-refractivity contribution in [3.05, 3.63) is 69.8 Å². The van der Waals surface area contributed by atoms with Gasteiger partial charge in [0.2, 0.25) is 5.91 Å². The summed E-state index contributed by atoms with van der Waals surface area (Å²) < 4.78 is 1.74. The van der Waals surface area contributed by atoms with Gasteiger partial charge in [0.25, 0.3) is 0 Å². The number of para-hydroxylation sites is 1. The van der Waals surface area contributed by atoms with Crippen LogP contribution in [-0.2, 0) is 10.2 Å². The number of nitrogens with zero attached hydrogens (tertiary/aromatic N) is 3. The van der Waals surface area contributed by atoms with Gasteiger partial charge in [-0.1, -0.05) is 62.2 Å². The largest absolute Gasteiger partial charge is 0.322 e. The first-order valence-electron chi connectivity index (χ1n) is 11.0. The number of amides is 3. The third-order valence-corrected chi connectivity index (χ3v) is 6.00. The summed E-state index contributed by atoms with van der Waals surface area (Å²) in [5.41, 5.74) is 3.03. The van der Waals surface area contributed by atoms with Gasteiger partial charge in [0.05, 0.1) is 21.4 Å². The van der Waals surface area contributed by atoms with Crippen LogP contribution in [0.25, 0.3) is 5.69 Å². The first kappa shape index (κ1) is 25.6. The Kier molecular flexibility index (Phi) is 7.89. The Balaban J connectivity index is 1.78. The van der Waals surface area contributed by atoms with Crippen molar-refractivity contribution in [1.29, 1.82) is 0 Å². The maximum absolute atomic E-state index is 13.0. The number of rotatable bonds is 6. The Morgan fingerprint density at radius 1 is 1.03 bits per heavy atom. The van der Waals surface area contributed by atoms with Gasteiger partial charge in [0.1, 0.15) is 12.4 Å². The molecule has 7 nitrogen and oxygen atoms in total. The summed E-state index contributed by atoms with van der Waals surface area (Å²) in [5.74, 6) is 0.214. The van der Waals surface area contributed by atoms with Crippen LogP contribution < -0.4 is 10.6 Å². The zero-order chi connectivity index (χ0) is 25.0. The lowest BCUT2D eigenvalue weighted by Crippen LogP contribution is -2.40. The molecule has 180 valence electrons. The molecule has 0 bridgehead atoms. The van der Waals surface area contributed by atoms with Crippen molar-refractivity contribution in [2.24, 2.45) is 0 Å². The highest BCUT2D eigenvalue weighted by molar-refractivity contribution is 6.42. The number of halogens is 2. The summed E-state index contributed by atoms with van der Waals surface area (Å²) >= 11 is 12.0. The number of carbonyl (C=O) groups excluding carboxylic acids is 2. The number of aromatic nitrogens is 2. The third kappa shape index (κ3) is 6.10. The fourth-order valence-corrected chi connectivity index (χ4v) is 3.58. The third-order valence-electron chi connectivity index (χ3n) is 5.26. The van der Waals surface area contributed by atoms with Crippen molar-refractivity contribution in [2.45, 2.75) is 40.0 Å². The minimum atomic E-state index is -0.418. The van der Waals surface area contributed by atoms with Crippen molar-refractivity contribution in [2.75, 3.05) is 23.7 Å². The van der Waals surface area contributed by atoms with E-state index in [0.717, 1.165) is 16.9 Å². The number of nitrogens with one attached hydrogen (secondary N) is 2. The molecule has 3 aromatic rings. The molecule has 3 amide bonds. The second kappa shape index (κ2) is 10.5. The van der Waals surface area contributed by atoms with E-state index in [1.807, 2.05) is 37.3 Å². The van der Waals surface area contributed by atoms with Gasteiger partial charge in [-0.3, -0.25) is 4.79 Å². The molecule has 0 aliphatic heterocycles. The van der Waals surface area contributed by atoms with E-state index in [0.29, 0.717) is 28.1 Å². The van der Waals surface area contributed by atoms with Crippen molar-refractivity contribution >= 4 is 46.6 Å². The molecule has 2 aromatic carbocycles. The first-order chi connectivity index (χ1) is 16.0. The van der Waals surface area contributed by atoms with Crippen LogP contribution in [0.15, 0.2) is 48.5 Å². The summed E-state index contributed by atoms with van der Waals surface area (Å²) in [4.78, 5) is 27.1. The maximum Gasteiger partial charge on any atom is 0.322 e. The molecule has 0 aliphatic rings. The Labute approximate surface area is 210 Å². The molecule has 2 N–H and O–H groups in total. The highest BCUT2D eigenvalue weighted by Crippen LogP contribution is 2.28. The lowest BCUT2D eigenvalue weighted by atomic mass is 9.92. The van der Waals surface area contributed by atoms with Gasteiger partial charge in [0.15, 0.2) is 0 Å². The van der Waals surface area contributed by atoms with Crippen LogP contribution in [-0.4, -0.2) is 39.7 Å². The van der Waals surface area contributed by atoms with E-state index in [-0.39, 0.29) is 17.9 Å². The van der Waals surface area contributed by atoms with E-state index in [9.17, 15) is 9.59 Å². The standard InChI is InChI=1S/C25H29Cl2N5O2/c1-6-31(24(34)28-17-11-12-18(26)19(27)13-17)15-23(33)29-22-14-21(25(3,4)5)30-32(22)20-10-8-7-9-16(20)2/h7-14H,6,15H2,1-5H3,(H,28,34)(H,29,33). The summed E-state index contributed by atoms with van der Waals surface area (Å²) in [6, 6.07) is 14.1. The number of likely N-dealkylation sites (N-methyl/N-ethyl adjacent to an activating group) is 1. The Bertz CT molecular complexity index is 1200. The summed E-state index contributed by atoms with van der Waals surface area (Å²) in [6.45, 7) is 10.2. The van der Waals surface area contributed by atoms with Gasteiger partial charge in [0, 0.05) is 23.7 Å². The van der Waals surface area contributed by atoms with Gasteiger partial charge >= 0.3 is 6.03 Å². The van der Waals surface area contributed by atoms with E-state index < -0.39 is 6.03 Å². The molecular formula is C25H29Cl2N5O2. The molecule has 34 heavy (non-hydrogen) atoms. The number of benzene rings is 2. The number of urea groups is 1.